The molecule has 0 aromatic heterocycles. The largest absolute Gasteiger partial charge is 0.367 e. The molecule has 0 radical (unpaired) electrons. The summed E-state index contributed by atoms with van der Waals surface area (Å²) in [5, 5.41) is 11.9. The minimum Gasteiger partial charge on any atom is -0.367 e. The molecule has 1 fully saturated rings. The standard InChI is InChI=1S/C5H11NO2/c1-4-5(7)8-3-2-6-4/h4-7H,2-3H2,1H3. The maximum Gasteiger partial charge on any atom is 0.169 e. The molecule has 0 amide bonds. The molecule has 0 aromatic carbocycles. The van der Waals surface area contributed by atoms with Crippen LogP contribution in [0.1, 0.15) is 6.92 Å². The van der Waals surface area contributed by atoms with Crippen molar-refractivity contribution in [2.75, 3.05) is 13.2 Å². The quantitative estimate of drug-likeness (QED) is 0.441. The summed E-state index contributed by atoms with van der Waals surface area (Å²) in [5.41, 5.74) is 0. The fourth-order valence-electron chi connectivity index (χ4n) is 0.711. The van der Waals surface area contributed by atoms with Crippen molar-refractivity contribution in [3.8, 4) is 0 Å². The number of nitrogens with one attached hydrogen (secondary N) is 1. The van der Waals surface area contributed by atoms with E-state index >= 15 is 0 Å². The minimum absolute atomic E-state index is 0.0868. The highest BCUT2D eigenvalue weighted by Gasteiger charge is 2.17. The molecule has 0 aromatic rings. The van der Waals surface area contributed by atoms with Crippen LogP contribution in [0.5, 0.6) is 0 Å². The first-order chi connectivity index (χ1) is 3.80. The molecule has 1 saturated heterocycles. The monoisotopic (exact) mass is 117 g/mol. The Balaban J connectivity index is 2.28. The van der Waals surface area contributed by atoms with Gasteiger partial charge in [-0.2, -0.15) is 0 Å². The molecule has 48 valence electrons. The van der Waals surface area contributed by atoms with Crippen molar-refractivity contribution in [3.05, 3.63) is 0 Å². The lowest BCUT2D eigenvalue weighted by molar-refractivity contribution is -0.135. The van der Waals surface area contributed by atoms with Crippen LogP contribution in [0.4, 0.5) is 0 Å². The average Bonchev–Trinajstić information content (AvgIpc) is 1.77. The molecule has 2 atom stereocenters. The van der Waals surface area contributed by atoms with Crippen LogP contribution in [0.3, 0.4) is 0 Å². The number of morpholine rings is 1. The molecule has 1 heterocycles. The van der Waals surface area contributed by atoms with Crippen LogP contribution in [0.2, 0.25) is 0 Å². The number of aliphatic hydroxyl groups excluding tert-OH is 1. The Kier molecular flexibility index (Phi) is 1.83. The van der Waals surface area contributed by atoms with Crippen LogP contribution in [0.15, 0.2) is 0 Å². The molecule has 3 heteroatoms. The van der Waals surface area contributed by atoms with Gasteiger partial charge >= 0.3 is 0 Å². The zero-order valence-electron chi connectivity index (χ0n) is 4.92. The zero-order chi connectivity index (χ0) is 5.98. The van der Waals surface area contributed by atoms with E-state index in [1.807, 2.05) is 6.92 Å². The summed E-state index contributed by atoms with van der Waals surface area (Å²) in [6, 6.07) is 0.0868. The van der Waals surface area contributed by atoms with Gasteiger partial charge in [0.2, 0.25) is 0 Å². The number of hydrogen-bond donors (Lipinski definition) is 2. The van der Waals surface area contributed by atoms with Crippen molar-refractivity contribution < 1.29 is 9.84 Å². The Morgan fingerprint density at radius 3 is 2.88 bits per heavy atom. The lowest BCUT2D eigenvalue weighted by Crippen LogP contribution is -2.46. The first kappa shape index (κ1) is 6.01. The Hall–Kier alpha value is -0.120. The second kappa shape index (κ2) is 2.44. The molecular formula is C5H11NO2. The van der Waals surface area contributed by atoms with Crippen LogP contribution in [0.25, 0.3) is 0 Å². The SMILES string of the molecule is CC1NCCOC1O. The fourth-order valence-corrected chi connectivity index (χ4v) is 0.711. The van der Waals surface area contributed by atoms with Crippen molar-refractivity contribution in [3.63, 3.8) is 0 Å². The summed E-state index contributed by atoms with van der Waals surface area (Å²) in [7, 11) is 0. The molecule has 8 heavy (non-hydrogen) atoms. The van der Waals surface area contributed by atoms with E-state index in [-0.39, 0.29) is 6.04 Å². The molecule has 0 aliphatic carbocycles. The van der Waals surface area contributed by atoms with Gasteiger partial charge in [0.1, 0.15) is 0 Å². The van der Waals surface area contributed by atoms with Crippen molar-refractivity contribution in [1.29, 1.82) is 0 Å². The van der Waals surface area contributed by atoms with Gasteiger partial charge in [0.05, 0.1) is 12.6 Å². The average molecular weight is 117 g/mol. The van der Waals surface area contributed by atoms with Gasteiger partial charge in [0.15, 0.2) is 6.29 Å². The van der Waals surface area contributed by atoms with E-state index in [2.05, 4.69) is 5.32 Å². The van der Waals surface area contributed by atoms with Crippen LogP contribution >= 0.6 is 0 Å². The van der Waals surface area contributed by atoms with Crippen molar-refractivity contribution >= 4 is 0 Å². The Morgan fingerprint density at radius 2 is 2.50 bits per heavy atom. The Morgan fingerprint density at radius 1 is 1.75 bits per heavy atom. The van der Waals surface area contributed by atoms with Crippen LogP contribution in [0, 0.1) is 0 Å². The summed E-state index contributed by atoms with van der Waals surface area (Å²) < 4.78 is 4.88. The molecule has 1 rings (SSSR count). The zero-order valence-corrected chi connectivity index (χ0v) is 4.92. The third-order valence-electron chi connectivity index (χ3n) is 1.28. The van der Waals surface area contributed by atoms with Gasteiger partial charge in [-0.05, 0) is 6.92 Å². The molecule has 1 aliphatic heterocycles. The molecule has 0 saturated carbocycles. The Bertz CT molecular complexity index is 66.8. The highest BCUT2D eigenvalue weighted by atomic mass is 16.6. The van der Waals surface area contributed by atoms with E-state index in [9.17, 15) is 0 Å². The van der Waals surface area contributed by atoms with Crippen molar-refractivity contribution in [2.45, 2.75) is 19.3 Å². The lowest BCUT2D eigenvalue weighted by Gasteiger charge is -2.25. The van der Waals surface area contributed by atoms with Crippen LogP contribution in [-0.2, 0) is 4.74 Å². The Labute approximate surface area is 48.7 Å². The summed E-state index contributed by atoms with van der Waals surface area (Å²) in [6.45, 7) is 3.35. The van der Waals surface area contributed by atoms with E-state index in [0.29, 0.717) is 6.61 Å². The summed E-state index contributed by atoms with van der Waals surface area (Å²) in [5.74, 6) is 0. The highest BCUT2D eigenvalue weighted by molar-refractivity contribution is 4.67. The van der Waals surface area contributed by atoms with Gasteiger partial charge in [0, 0.05) is 6.54 Å². The highest BCUT2D eigenvalue weighted by Crippen LogP contribution is 1.98. The minimum atomic E-state index is -0.608. The summed E-state index contributed by atoms with van der Waals surface area (Å²) in [6.07, 6.45) is -0.608. The molecule has 2 N–H and O–H groups in total. The van der Waals surface area contributed by atoms with Crippen LogP contribution < -0.4 is 5.32 Å². The van der Waals surface area contributed by atoms with Gasteiger partial charge in [0.25, 0.3) is 0 Å². The van der Waals surface area contributed by atoms with Gasteiger partial charge in [-0.3, -0.25) is 0 Å². The smallest absolute Gasteiger partial charge is 0.169 e. The number of hydrogen-bond acceptors (Lipinski definition) is 3. The summed E-state index contributed by atoms with van der Waals surface area (Å²) >= 11 is 0. The van der Waals surface area contributed by atoms with E-state index in [1.54, 1.807) is 0 Å². The molecule has 2 unspecified atom stereocenters. The predicted molar refractivity (Wildman–Crippen MR) is 29.4 cm³/mol. The third kappa shape index (κ3) is 1.18. The van der Waals surface area contributed by atoms with Gasteiger partial charge in [-0.15, -0.1) is 0 Å². The van der Waals surface area contributed by atoms with E-state index < -0.39 is 6.29 Å². The van der Waals surface area contributed by atoms with Crippen LogP contribution in [-0.4, -0.2) is 30.6 Å². The predicted octanol–water partition coefficient (Wildman–Crippen LogP) is -0.687. The lowest BCUT2D eigenvalue weighted by atomic mass is 10.3. The van der Waals surface area contributed by atoms with E-state index in [4.69, 9.17) is 9.84 Å². The molecular weight excluding hydrogens is 106 g/mol. The number of rotatable bonds is 0. The molecule has 1 aliphatic rings. The normalized spacial score (nSPS) is 39.8. The number of aliphatic hydroxyl groups is 1. The van der Waals surface area contributed by atoms with Gasteiger partial charge < -0.3 is 15.2 Å². The number of ether oxygens (including phenoxy) is 1. The second-order valence-corrected chi connectivity index (χ2v) is 2.00. The van der Waals surface area contributed by atoms with E-state index in [1.165, 1.54) is 0 Å². The van der Waals surface area contributed by atoms with Crippen molar-refractivity contribution in [2.24, 2.45) is 0 Å². The van der Waals surface area contributed by atoms with Crippen molar-refractivity contribution in [1.82, 2.24) is 5.32 Å². The third-order valence-corrected chi connectivity index (χ3v) is 1.28. The topological polar surface area (TPSA) is 41.5 Å². The maximum absolute atomic E-state index is 8.89. The first-order valence-corrected chi connectivity index (χ1v) is 2.84. The van der Waals surface area contributed by atoms with E-state index in [0.717, 1.165) is 6.54 Å². The maximum atomic E-state index is 8.89. The fraction of sp³-hybridized carbons (Fsp3) is 1.00. The molecule has 0 spiro atoms. The van der Waals surface area contributed by atoms with Gasteiger partial charge in [-0.1, -0.05) is 0 Å². The van der Waals surface area contributed by atoms with Gasteiger partial charge in [-0.25, -0.2) is 0 Å². The summed E-state index contributed by atoms with van der Waals surface area (Å²) in [4.78, 5) is 0. The molecule has 0 bridgehead atoms. The first-order valence-electron chi connectivity index (χ1n) is 2.84. The molecule has 3 nitrogen and oxygen atoms in total. The second-order valence-electron chi connectivity index (χ2n) is 2.00.